The van der Waals surface area contributed by atoms with Gasteiger partial charge in [-0.05, 0) is 30.7 Å². The number of hydrogen-bond donors (Lipinski definition) is 1. The minimum absolute atomic E-state index is 0.0543. The zero-order valence-electron chi connectivity index (χ0n) is 16.5. The molecule has 5 rings (SSSR count). The van der Waals surface area contributed by atoms with Crippen molar-refractivity contribution < 1.29 is 27.6 Å². The SMILES string of the molecule is Cc1cc(C(F)(F)F)cn2cc(-c3nc(-c4cccc5c4ccn5CC(=O)O)no3)nc12. The molecular formula is C21H14F3N5O3. The van der Waals surface area contributed by atoms with E-state index in [9.17, 15) is 18.0 Å². The van der Waals surface area contributed by atoms with E-state index in [1.807, 2.05) is 0 Å². The first-order valence-corrected chi connectivity index (χ1v) is 9.41. The third kappa shape index (κ3) is 3.27. The number of nitrogens with zero attached hydrogens (tertiary/aromatic N) is 5. The number of carboxylic acids is 1. The van der Waals surface area contributed by atoms with E-state index in [1.165, 1.54) is 10.6 Å². The third-order valence-electron chi connectivity index (χ3n) is 5.07. The van der Waals surface area contributed by atoms with Crippen LogP contribution in [0.1, 0.15) is 11.1 Å². The van der Waals surface area contributed by atoms with Gasteiger partial charge < -0.3 is 18.6 Å². The van der Waals surface area contributed by atoms with Gasteiger partial charge in [0, 0.05) is 35.1 Å². The van der Waals surface area contributed by atoms with E-state index < -0.39 is 17.7 Å². The standard InChI is InChI=1S/C21H14F3N5O3/c1-11-7-12(21(22,23)24)8-29-9-15(25-19(11)29)20-26-18(27-32-20)14-3-2-4-16-13(14)5-6-28(16)10-17(30)31/h2-9H,10H2,1H3,(H,30,31). The zero-order valence-corrected chi connectivity index (χ0v) is 16.5. The van der Waals surface area contributed by atoms with Crippen LogP contribution < -0.4 is 0 Å². The maximum absolute atomic E-state index is 13.1. The van der Waals surface area contributed by atoms with Gasteiger partial charge in [-0.3, -0.25) is 4.79 Å². The summed E-state index contributed by atoms with van der Waals surface area (Å²) in [6.45, 7) is 1.36. The van der Waals surface area contributed by atoms with Crippen LogP contribution in [0.25, 0.3) is 39.5 Å². The summed E-state index contributed by atoms with van der Waals surface area (Å²) in [6.07, 6.45) is -0.454. The van der Waals surface area contributed by atoms with E-state index in [2.05, 4.69) is 15.1 Å². The summed E-state index contributed by atoms with van der Waals surface area (Å²) in [5, 5.41) is 13.8. The van der Waals surface area contributed by atoms with Gasteiger partial charge in [-0.25, -0.2) is 4.98 Å². The molecular weight excluding hydrogens is 427 g/mol. The van der Waals surface area contributed by atoms with Gasteiger partial charge in [-0.1, -0.05) is 17.3 Å². The molecule has 11 heteroatoms. The fourth-order valence-corrected chi connectivity index (χ4v) is 3.67. The van der Waals surface area contributed by atoms with E-state index in [1.54, 1.807) is 42.0 Å². The molecule has 1 aromatic carbocycles. The Hall–Kier alpha value is -4.15. The maximum Gasteiger partial charge on any atom is 0.417 e. The topological polar surface area (TPSA) is 98.5 Å². The van der Waals surface area contributed by atoms with Crippen molar-refractivity contribution in [1.82, 2.24) is 24.1 Å². The fraction of sp³-hybridized carbons (Fsp3) is 0.143. The normalized spacial score (nSPS) is 12.1. The number of fused-ring (bicyclic) bond motifs is 2. The largest absolute Gasteiger partial charge is 0.480 e. The summed E-state index contributed by atoms with van der Waals surface area (Å²) in [5.74, 6) is -0.660. The number of halogens is 3. The number of aromatic nitrogens is 5. The lowest BCUT2D eigenvalue weighted by Gasteiger charge is -2.08. The van der Waals surface area contributed by atoms with Crippen LogP contribution in [-0.2, 0) is 17.5 Å². The van der Waals surface area contributed by atoms with Gasteiger partial charge in [0.25, 0.3) is 5.89 Å². The highest BCUT2D eigenvalue weighted by Crippen LogP contribution is 2.32. The smallest absolute Gasteiger partial charge is 0.417 e. The van der Waals surface area contributed by atoms with Crippen LogP contribution in [0.2, 0.25) is 0 Å². The van der Waals surface area contributed by atoms with Crippen molar-refractivity contribution in [2.45, 2.75) is 19.6 Å². The molecule has 0 bridgehead atoms. The third-order valence-corrected chi connectivity index (χ3v) is 5.07. The fourth-order valence-electron chi connectivity index (χ4n) is 3.67. The molecule has 4 heterocycles. The number of aliphatic carboxylic acids is 1. The van der Waals surface area contributed by atoms with Crippen LogP contribution in [0.15, 0.2) is 53.4 Å². The van der Waals surface area contributed by atoms with Gasteiger partial charge >= 0.3 is 12.1 Å². The number of carboxylic acid groups (broad SMARTS) is 1. The van der Waals surface area contributed by atoms with Crippen molar-refractivity contribution in [2.75, 3.05) is 0 Å². The highest BCUT2D eigenvalue weighted by Gasteiger charge is 2.31. The number of carbonyl (C=O) groups is 1. The molecule has 5 aromatic rings. The Bertz CT molecular complexity index is 1500. The second-order valence-corrected chi connectivity index (χ2v) is 7.27. The van der Waals surface area contributed by atoms with E-state index in [-0.39, 0.29) is 24.0 Å². The van der Waals surface area contributed by atoms with Crippen LogP contribution in [0, 0.1) is 6.92 Å². The number of benzene rings is 1. The van der Waals surface area contributed by atoms with Gasteiger partial charge in [0.05, 0.1) is 5.56 Å². The van der Waals surface area contributed by atoms with Crippen molar-refractivity contribution in [1.29, 1.82) is 0 Å². The number of rotatable bonds is 4. The molecule has 0 radical (unpaired) electrons. The molecule has 0 aliphatic carbocycles. The van der Waals surface area contributed by atoms with Crippen molar-refractivity contribution in [3.8, 4) is 23.0 Å². The summed E-state index contributed by atoms with van der Waals surface area (Å²) in [7, 11) is 0. The number of pyridine rings is 1. The van der Waals surface area contributed by atoms with Gasteiger partial charge in [0.15, 0.2) is 0 Å². The van der Waals surface area contributed by atoms with E-state index >= 15 is 0 Å². The van der Waals surface area contributed by atoms with Crippen LogP contribution in [0.5, 0.6) is 0 Å². The summed E-state index contributed by atoms with van der Waals surface area (Å²) in [5.41, 5.74) is 1.48. The minimum Gasteiger partial charge on any atom is -0.480 e. The Labute approximate surface area is 177 Å². The van der Waals surface area contributed by atoms with Crippen molar-refractivity contribution in [3.63, 3.8) is 0 Å². The molecule has 0 aliphatic rings. The first kappa shape index (κ1) is 19.8. The number of aryl methyl sites for hydroxylation is 1. The van der Waals surface area contributed by atoms with Gasteiger partial charge in [0.1, 0.15) is 17.9 Å². The molecule has 0 unspecified atom stereocenters. The Morgan fingerprint density at radius 3 is 2.75 bits per heavy atom. The van der Waals surface area contributed by atoms with Gasteiger partial charge in [-0.15, -0.1) is 0 Å². The molecule has 4 aromatic heterocycles. The van der Waals surface area contributed by atoms with Gasteiger partial charge in [0.2, 0.25) is 5.82 Å². The van der Waals surface area contributed by atoms with Crippen LogP contribution in [0.3, 0.4) is 0 Å². The lowest BCUT2D eigenvalue weighted by molar-refractivity contribution is -0.138. The number of alkyl halides is 3. The summed E-state index contributed by atoms with van der Waals surface area (Å²) < 4.78 is 47.5. The molecule has 0 amide bonds. The predicted molar refractivity (Wildman–Crippen MR) is 107 cm³/mol. The lowest BCUT2D eigenvalue weighted by atomic mass is 10.1. The van der Waals surface area contributed by atoms with Crippen molar-refractivity contribution in [3.05, 3.63) is 60.0 Å². The predicted octanol–water partition coefficient (Wildman–Crippen LogP) is 4.42. The van der Waals surface area contributed by atoms with E-state index in [0.29, 0.717) is 22.3 Å². The maximum atomic E-state index is 13.1. The molecule has 1 N–H and O–H groups in total. The average molecular weight is 441 g/mol. The first-order chi connectivity index (χ1) is 15.2. The van der Waals surface area contributed by atoms with E-state index in [0.717, 1.165) is 17.6 Å². The zero-order chi connectivity index (χ0) is 22.6. The van der Waals surface area contributed by atoms with Crippen LogP contribution in [-0.4, -0.2) is 35.2 Å². The molecule has 0 aliphatic heterocycles. The Balaban J connectivity index is 1.56. The molecule has 0 saturated heterocycles. The number of hydrogen-bond acceptors (Lipinski definition) is 5. The Morgan fingerprint density at radius 2 is 2.00 bits per heavy atom. The summed E-state index contributed by atoms with van der Waals surface area (Å²) >= 11 is 0. The summed E-state index contributed by atoms with van der Waals surface area (Å²) in [6, 6.07) is 8.10. The van der Waals surface area contributed by atoms with E-state index in [4.69, 9.17) is 9.63 Å². The first-order valence-electron chi connectivity index (χ1n) is 9.41. The molecule has 8 nitrogen and oxygen atoms in total. The van der Waals surface area contributed by atoms with Gasteiger partial charge in [-0.2, -0.15) is 18.2 Å². The molecule has 0 saturated carbocycles. The minimum atomic E-state index is -4.48. The second-order valence-electron chi connectivity index (χ2n) is 7.27. The highest BCUT2D eigenvalue weighted by molar-refractivity contribution is 5.94. The number of imidazole rings is 1. The molecule has 0 fully saturated rings. The quantitative estimate of drug-likeness (QED) is 0.443. The van der Waals surface area contributed by atoms with Crippen molar-refractivity contribution >= 4 is 22.5 Å². The molecule has 0 spiro atoms. The lowest BCUT2D eigenvalue weighted by Crippen LogP contribution is -2.07. The Kier molecular flexibility index (Phi) is 4.29. The summed E-state index contributed by atoms with van der Waals surface area (Å²) in [4.78, 5) is 19.8. The molecule has 0 atom stereocenters. The second kappa shape index (κ2) is 6.94. The Morgan fingerprint density at radius 1 is 1.19 bits per heavy atom. The molecule has 162 valence electrons. The molecule has 32 heavy (non-hydrogen) atoms. The van der Waals surface area contributed by atoms with Crippen LogP contribution >= 0.6 is 0 Å². The average Bonchev–Trinajstić information content (AvgIpc) is 3.44. The van der Waals surface area contributed by atoms with Crippen molar-refractivity contribution in [2.24, 2.45) is 0 Å². The monoisotopic (exact) mass is 441 g/mol. The highest BCUT2D eigenvalue weighted by atomic mass is 19.4. The van der Waals surface area contributed by atoms with Crippen LogP contribution in [0.4, 0.5) is 13.2 Å².